The zero-order chi connectivity index (χ0) is 23.4. The van der Waals surface area contributed by atoms with E-state index >= 15 is 0 Å². The smallest absolute Gasteiger partial charge is 0.361 e. The van der Waals surface area contributed by atoms with Gasteiger partial charge in [-0.2, -0.15) is 23.4 Å². The number of fused-ring (bicyclic) bond motifs is 1. The SMILES string of the molecule is Cc1nn(Cc2c(C(=O)N3CC[C@@H](C(F)(F)F)n4nccc43)noc2C)c(C)c1[N+](=O)[O-]. The first-order chi connectivity index (χ1) is 15.0. The molecule has 3 aromatic heterocycles. The van der Waals surface area contributed by atoms with Crippen molar-refractivity contribution in [1.29, 1.82) is 0 Å². The second-order valence-electron chi connectivity index (χ2n) is 7.44. The molecule has 170 valence electrons. The Bertz CT molecular complexity index is 1210. The maximum absolute atomic E-state index is 13.3. The van der Waals surface area contributed by atoms with Gasteiger partial charge in [-0.15, -0.1) is 0 Å². The molecule has 1 atom stereocenters. The summed E-state index contributed by atoms with van der Waals surface area (Å²) in [6.07, 6.45) is -3.67. The molecule has 32 heavy (non-hydrogen) atoms. The van der Waals surface area contributed by atoms with Crippen LogP contribution in [0.25, 0.3) is 0 Å². The van der Waals surface area contributed by atoms with Gasteiger partial charge in [-0.3, -0.25) is 24.5 Å². The Morgan fingerprint density at radius 1 is 1.34 bits per heavy atom. The van der Waals surface area contributed by atoms with Gasteiger partial charge in [0.25, 0.3) is 5.91 Å². The van der Waals surface area contributed by atoms with Crippen molar-refractivity contribution in [2.24, 2.45) is 0 Å². The van der Waals surface area contributed by atoms with Gasteiger partial charge in [0, 0.05) is 18.2 Å². The van der Waals surface area contributed by atoms with Crippen molar-refractivity contribution >= 4 is 17.4 Å². The molecule has 3 aromatic rings. The quantitative estimate of drug-likeness (QED) is 0.439. The first-order valence-corrected chi connectivity index (χ1v) is 9.56. The maximum atomic E-state index is 13.3. The van der Waals surface area contributed by atoms with E-state index in [1.165, 1.54) is 35.7 Å². The number of aromatic nitrogens is 5. The van der Waals surface area contributed by atoms with Crippen LogP contribution in [0.4, 0.5) is 24.7 Å². The third kappa shape index (κ3) is 3.40. The van der Waals surface area contributed by atoms with Gasteiger partial charge in [0.15, 0.2) is 11.7 Å². The van der Waals surface area contributed by atoms with Crippen LogP contribution >= 0.6 is 0 Å². The monoisotopic (exact) mass is 453 g/mol. The Balaban J connectivity index is 1.68. The van der Waals surface area contributed by atoms with Crippen molar-refractivity contribution in [2.45, 2.75) is 46.0 Å². The van der Waals surface area contributed by atoms with E-state index in [0.29, 0.717) is 11.3 Å². The van der Waals surface area contributed by atoms with Gasteiger partial charge in [-0.25, -0.2) is 4.68 Å². The topological polar surface area (TPSA) is 125 Å². The van der Waals surface area contributed by atoms with Gasteiger partial charge < -0.3 is 4.52 Å². The first kappa shape index (κ1) is 21.5. The van der Waals surface area contributed by atoms with E-state index in [-0.39, 0.29) is 48.1 Å². The van der Waals surface area contributed by atoms with Crippen LogP contribution in [0, 0.1) is 30.9 Å². The van der Waals surface area contributed by atoms with Crippen LogP contribution in [-0.2, 0) is 6.54 Å². The predicted octanol–water partition coefficient (Wildman–Crippen LogP) is 3.10. The van der Waals surface area contributed by atoms with Crippen molar-refractivity contribution in [3.05, 3.63) is 50.8 Å². The molecule has 4 heterocycles. The number of halogens is 3. The van der Waals surface area contributed by atoms with Crippen LogP contribution in [0.3, 0.4) is 0 Å². The zero-order valence-corrected chi connectivity index (χ0v) is 17.3. The summed E-state index contributed by atoms with van der Waals surface area (Å²) in [4.78, 5) is 25.1. The third-order valence-corrected chi connectivity index (χ3v) is 5.49. The number of carbonyl (C=O) groups is 1. The predicted molar refractivity (Wildman–Crippen MR) is 102 cm³/mol. The molecule has 0 aromatic carbocycles. The first-order valence-electron chi connectivity index (χ1n) is 9.56. The van der Waals surface area contributed by atoms with E-state index in [9.17, 15) is 28.1 Å². The molecule has 4 rings (SSSR count). The van der Waals surface area contributed by atoms with E-state index in [1.807, 2.05) is 0 Å². The zero-order valence-electron chi connectivity index (χ0n) is 17.3. The molecule has 14 heteroatoms. The average molecular weight is 453 g/mol. The highest BCUT2D eigenvalue weighted by Gasteiger charge is 2.46. The molecule has 11 nitrogen and oxygen atoms in total. The molecule has 1 aliphatic heterocycles. The summed E-state index contributed by atoms with van der Waals surface area (Å²) in [6, 6.07) is -0.502. The Kier molecular flexibility index (Phi) is 5.02. The minimum atomic E-state index is -4.50. The van der Waals surface area contributed by atoms with Crippen LogP contribution in [0.2, 0.25) is 0 Å². The molecular weight excluding hydrogens is 435 g/mol. The molecule has 0 bridgehead atoms. The van der Waals surface area contributed by atoms with E-state index in [2.05, 4.69) is 15.4 Å². The summed E-state index contributed by atoms with van der Waals surface area (Å²) in [7, 11) is 0. The normalized spacial score (nSPS) is 16.3. The van der Waals surface area contributed by atoms with Crippen molar-refractivity contribution < 1.29 is 27.4 Å². The van der Waals surface area contributed by atoms with Gasteiger partial charge in [-0.05, 0) is 27.2 Å². The highest BCUT2D eigenvalue weighted by Crippen LogP contribution is 2.39. The Hall–Kier alpha value is -3.71. The number of anilines is 1. The fourth-order valence-corrected chi connectivity index (χ4v) is 3.89. The van der Waals surface area contributed by atoms with Crippen molar-refractivity contribution in [1.82, 2.24) is 24.7 Å². The summed E-state index contributed by atoms with van der Waals surface area (Å²) in [5, 5.41) is 23.0. The number of amides is 1. The molecule has 0 fully saturated rings. The molecule has 0 unspecified atom stereocenters. The summed E-state index contributed by atoms with van der Waals surface area (Å²) in [5.74, 6) is -0.366. The van der Waals surface area contributed by atoms with Crippen molar-refractivity contribution in [3.63, 3.8) is 0 Å². The molecule has 1 amide bonds. The van der Waals surface area contributed by atoms with E-state index in [1.54, 1.807) is 6.92 Å². The summed E-state index contributed by atoms with van der Waals surface area (Å²) in [5.41, 5.74) is 0.601. The number of rotatable bonds is 4. The molecule has 0 saturated carbocycles. The summed E-state index contributed by atoms with van der Waals surface area (Å²) < 4.78 is 47.3. The molecule has 0 saturated heterocycles. The number of hydrogen-bond donors (Lipinski definition) is 0. The molecule has 0 aliphatic carbocycles. The minimum absolute atomic E-state index is 0.00284. The highest BCUT2D eigenvalue weighted by molar-refractivity contribution is 6.05. The number of alkyl halides is 3. The Labute approximate surface area is 178 Å². The third-order valence-electron chi connectivity index (χ3n) is 5.49. The molecular formula is C18H18F3N7O4. The lowest BCUT2D eigenvalue weighted by atomic mass is 10.1. The van der Waals surface area contributed by atoms with E-state index in [0.717, 1.165) is 4.68 Å². The Morgan fingerprint density at radius 2 is 2.06 bits per heavy atom. The molecule has 0 N–H and O–H groups in total. The van der Waals surface area contributed by atoms with Crippen molar-refractivity contribution in [3.8, 4) is 0 Å². The largest absolute Gasteiger partial charge is 0.410 e. The lowest BCUT2D eigenvalue weighted by Gasteiger charge is -2.33. The lowest BCUT2D eigenvalue weighted by Crippen LogP contribution is -2.43. The summed E-state index contributed by atoms with van der Waals surface area (Å²) >= 11 is 0. The van der Waals surface area contributed by atoms with Gasteiger partial charge in [0.05, 0.1) is 17.7 Å². The van der Waals surface area contributed by atoms with E-state index in [4.69, 9.17) is 4.52 Å². The fourth-order valence-electron chi connectivity index (χ4n) is 3.89. The lowest BCUT2D eigenvalue weighted by molar-refractivity contribution is -0.386. The number of nitro groups is 1. The van der Waals surface area contributed by atoms with Crippen molar-refractivity contribution in [2.75, 3.05) is 11.4 Å². The van der Waals surface area contributed by atoms with Crippen LogP contribution in [-0.4, -0.2) is 48.3 Å². The van der Waals surface area contributed by atoms with Gasteiger partial charge >= 0.3 is 11.9 Å². The number of nitrogens with zero attached hydrogens (tertiary/aromatic N) is 7. The minimum Gasteiger partial charge on any atom is -0.361 e. The molecule has 1 aliphatic rings. The molecule has 0 spiro atoms. The number of hydrogen-bond acceptors (Lipinski definition) is 7. The average Bonchev–Trinajstić information content (AvgIpc) is 3.39. The number of carbonyl (C=O) groups excluding carboxylic acids is 1. The van der Waals surface area contributed by atoms with Crippen LogP contribution in [0.1, 0.15) is 45.7 Å². The van der Waals surface area contributed by atoms with Gasteiger partial charge in [0.1, 0.15) is 23.0 Å². The number of aryl methyl sites for hydroxylation is 2. The maximum Gasteiger partial charge on any atom is 0.410 e. The second-order valence-corrected chi connectivity index (χ2v) is 7.44. The van der Waals surface area contributed by atoms with Gasteiger partial charge in [0.2, 0.25) is 0 Å². The molecule has 0 radical (unpaired) electrons. The van der Waals surface area contributed by atoms with Crippen LogP contribution in [0.5, 0.6) is 0 Å². The van der Waals surface area contributed by atoms with Crippen LogP contribution < -0.4 is 4.90 Å². The van der Waals surface area contributed by atoms with Crippen LogP contribution in [0.15, 0.2) is 16.8 Å². The standard InChI is InChI=1S/C18H18F3N7O4/c1-9-16(28(30)31)10(2)26(23-9)8-12-11(3)32-24-15(12)17(29)25-7-5-13(18(19,20)21)27-14(25)4-6-22-27/h4,6,13H,5,7-8H2,1-3H3/t13-/m0/s1. The van der Waals surface area contributed by atoms with Gasteiger partial charge in [-0.1, -0.05) is 5.16 Å². The highest BCUT2D eigenvalue weighted by atomic mass is 19.4. The second kappa shape index (κ2) is 7.46. The fraction of sp³-hybridized carbons (Fsp3) is 0.444. The van der Waals surface area contributed by atoms with E-state index < -0.39 is 23.0 Å². The Morgan fingerprint density at radius 3 is 2.69 bits per heavy atom. The summed E-state index contributed by atoms with van der Waals surface area (Å²) in [6.45, 7) is 4.38.